The van der Waals surface area contributed by atoms with Crippen LogP contribution in [-0.4, -0.2) is 17.6 Å². The first-order valence-corrected chi connectivity index (χ1v) is 6.94. The third-order valence-corrected chi connectivity index (χ3v) is 3.90. The average molecular weight is 285 g/mol. The molecule has 108 valence electrons. The minimum absolute atomic E-state index is 0.0366. The summed E-state index contributed by atoms with van der Waals surface area (Å²) in [4.78, 5) is 13.1. The summed E-state index contributed by atoms with van der Waals surface area (Å²) in [6.45, 7) is 1.07. The van der Waals surface area contributed by atoms with E-state index in [9.17, 15) is 9.18 Å². The fourth-order valence-electron chi connectivity index (χ4n) is 2.95. The first kappa shape index (κ1) is 13.6. The molecule has 0 saturated heterocycles. The van der Waals surface area contributed by atoms with Crippen LogP contribution >= 0.6 is 0 Å². The summed E-state index contributed by atoms with van der Waals surface area (Å²) < 4.78 is 13.8. The number of fused-ring (bicyclic) bond motifs is 1. The van der Waals surface area contributed by atoms with Crippen LogP contribution in [0, 0.1) is 5.82 Å². The van der Waals surface area contributed by atoms with Crippen molar-refractivity contribution in [3.05, 3.63) is 65.5 Å². The molecule has 0 fully saturated rings. The lowest BCUT2D eigenvalue weighted by molar-refractivity contribution is -0.137. The van der Waals surface area contributed by atoms with Crippen LogP contribution in [0.4, 0.5) is 10.1 Å². The topological polar surface area (TPSA) is 40.5 Å². The third kappa shape index (κ3) is 2.75. The van der Waals surface area contributed by atoms with Crippen LogP contribution in [0.25, 0.3) is 0 Å². The van der Waals surface area contributed by atoms with Crippen molar-refractivity contribution < 1.29 is 14.3 Å². The maximum Gasteiger partial charge on any atom is 0.304 e. The second-order valence-corrected chi connectivity index (χ2v) is 5.33. The van der Waals surface area contributed by atoms with Crippen LogP contribution in [0.2, 0.25) is 0 Å². The van der Waals surface area contributed by atoms with E-state index >= 15 is 0 Å². The fraction of sp³-hybridized carbons (Fsp3) is 0.235. The Bertz CT molecular complexity index is 671. The van der Waals surface area contributed by atoms with E-state index in [2.05, 4.69) is 4.90 Å². The Kier molecular flexibility index (Phi) is 3.60. The molecule has 4 heteroatoms. The van der Waals surface area contributed by atoms with Gasteiger partial charge in [-0.1, -0.05) is 36.4 Å². The second-order valence-electron chi connectivity index (χ2n) is 5.33. The lowest BCUT2D eigenvalue weighted by Crippen LogP contribution is -2.22. The minimum atomic E-state index is -0.803. The molecule has 0 spiro atoms. The lowest BCUT2D eigenvalue weighted by atomic mass is 9.98. The van der Waals surface area contributed by atoms with Crippen LogP contribution in [0.1, 0.15) is 23.5 Å². The van der Waals surface area contributed by atoms with Gasteiger partial charge in [0, 0.05) is 30.3 Å². The van der Waals surface area contributed by atoms with Crippen molar-refractivity contribution in [1.29, 1.82) is 0 Å². The van der Waals surface area contributed by atoms with E-state index in [4.69, 9.17) is 5.11 Å². The van der Waals surface area contributed by atoms with E-state index in [1.165, 1.54) is 6.07 Å². The van der Waals surface area contributed by atoms with Gasteiger partial charge in [0.1, 0.15) is 5.82 Å². The van der Waals surface area contributed by atoms with Gasteiger partial charge in [-0.15, -0.1) is 0 Å². The Balaban J connectivity index is 1.88. The van der Waals surface area contributed by atoms with Crippen molar-refractivity contribution >= 4 is 11.7 Å². The van der Waals surface area contributed by atoms with Crippen molar-refractivity contribution in [3.8, 4) is 0 Å². The normalized spacial score (nSPS) is 16.8. The van der Waals surface area contributed by atoms with Crippen LogP contribution in [0.3, 0.4) is 0 Å². The van der Waals surface area contributed by atoms with Crippen LogP contribution < -0.4 is 4.90 Å². The molecule has 21 heavy (non-hydrogen) atoms. The second kappa shape index (κ2) is 5.56. The van der Waals surface area contributed by atoms with E-state index < -0.39 is 5.97 Å². The molecule has 0 saturated carbocycles. The van der Waals surface area contributed by atoms with Crippen LogP contribution in [-0.2, 0) is 11.3 Å². The number of para-hydroxylation sites is 1. The molecule has 1 N–H and O–H groups in total. The van der Waals surface area contributed by atoms with E-state index in [0.29, 0.717) is 18.7 Å². The van der Waals surface area contributed by atoms with Gasteiger partial charge in [-0.3, -0.25) is 4.79 Å². The molecule has 0 amide bonds. The molecular formula is C17H16FNO2. The largest absolute Gasteiger partial charge is 0.481 e. The number of rotatable bonds is 4. The van der Waals surface area contributed by atoms with E-state index in [-0.39, 0.29) is 18.2 Å². The van der Waals surface area contributed by atoms with Gasteiger partial charge in [0.25, 0.3) is 0 Å². The third-order valence-electron chi connectivity index (χ3n) is 3.90. The highest BCUT2D eigenvalue weighted by atomic mass is 19.1. The molecular weight excluding hydrogens is 269 g/mol. The van der Waals surface area contributed by atoms with Gasteiger partial charge in [-0.2, -0.15) is 0 Å². The molecule has 3 nitrogen and oxygen atoms in total. The standard InChI is InChI=1S/C17H16FNO2/c18-15-7-3-1-5-12(15)10-19-11-13(9-17(20)21)14-6-2-4-8-16(14)19/h1-8,13H,9-11H2,(H,20,21). The van der Waals surface area contributed by atoms with Crippen molar-refractivity contribution in [1.82, 2.24) is 0 Å². The number of halogens is 1. The summed E-state index contributed by atoms with van der Waals surface area (Å²) in [6.07, 6.45) is 0.102. The maximum absolute atomic E-state index is 13.8. The molecule has 0 radical (unpaired) electrons. The minimum Gasteiger partial charge on any atom is -0.481 e. The Morgan fingerprint density at radius 2 is 1.90 bits per heavy atom. The molecule has 2 aromatic carbocycles. The number of carbonyl (C=O) groups is 1. The molecule has 1 aliphatic heterocycles. The van der Waals surface area contributed by atoms with Gasteiger partial charge in [0.2, 0.25) is 0 Å². The number of anilines is 1. The summed E-state index contributed by atoms with van der Waals surface area (Å²) in [7, 11) is 0. The summed E-state index contributed by atoms with van der Waals surface area (Å²) in [5.74, 6) is -1.07. The van der Waals surface area contributed by atoms with Gasteiger partial charge < -0.3 is 10.0 Å². The number of nitrogens with zero attached hydrogens (tertiary/aromatic N) is 1. The predicted octanol–water partition coefficient (Wildman–Crippen LogP) is 3.40. The van der Waals surface area contributed by atoms with E-state index in [1.54, 1.807) is 12.1 Å². The zero-order chi connectivity index (χ0) is 14.8. The predicted molar refractivity (Wildman–Crippen MR) is 78.9 cm³/mol. The highest BCUT2D eigenvalue weighted by Crippen LogP contribution is 2.38. The van der Waals surface area contributed by atoms with Crippen molar-refractivity contribution in [2.45, 2.75) is 18.9 Å². The van der Waals surface area contributed by atoms with Gasteiger partial charge in [-0.25, -0.2) is 4.39 Å². The smallest absolute Gasteiger partial charge is 0.304 e. The van der Waals surface area contributed by atoms with Crippen LogP contribution in [0.5, 0.6) is 0 Å². The summed E-state index contributed by atoms with van der Waals surface area (Å²) >= 11 is 0. The van der Waals surface area contributed by atoms with Crippen molar-refractivity contribution in [2.75, 3.05) is 11.4 Å². The first-order chi connectivity index (χ1) is 10.1. The Morgan fingerprint density at radius 1 is 1.19 bits per heavy atom. The van der Waals surface area contributed by atoms with Gasteiger partial charge in [0.15, 0.2) is 0 Å². The number of hydrogen-bond acceptors (Lipinski definition) is 2. The summed E-state index contributed by atoms with van der Waals surface area (Å²) in [6, 6.07) is 14.5. The van der Waals surface area contributed by atoms with Crippen LogP contribution in [0.15, 0.2) is 48.5 Å². The highest BCUT2D eigenvalue weighted by molar-refractivity contribution is 5.71. The molecule has 0 aliphatic carbocycles. The maximum atomic E-state index is 13.8. The molecule has 0 aromatic heterocycles. The molecule has 2 aromatic rings. The average Bonchev–Trinajstić information content (AvgIpc) is 2.79. The molecule has 3 rings (SSSR count). The summed E-state index contributed by atoms with van der Waals surface area (Å²) in [5, 5.41) is 9.04. The number of benzene rings is 2. The molecule has 0 bridgehead atoms. The SMILES string of the molecule is O=C(O)CC1CN(Cc2ccccc2F)c2ccccc21. The lowest BCUT2D eigenvalue weighted by Gasteiger charge is -2.20. The van der Waals surface area contributed by atoms with E-state index in [1.807, 2.05) is 30.3 Å². The number of aliphatic carboxylic acids is 1. The van der Waals surface area contributed by atoms with Gasteiger partial charge in [-0.05, 0) is 17.7 Å². The molecule has 1 atom stereocenters. The number of hydrogen-bond donors (Lipinski definition) is 1. The molecule has 1 heterocycles. The summed E-state index contributed by atoms with van der Waals surface area (Å²) in [5.41, 5.74) is 2.67. The number of carboxylic acids is 1. The van der Waals surface area contributed by atoms with Gasteiger partial charge >= 0.3 is 5.97 Å². The molecule has 1 unspecified atom stereocenters. The van der Waals surface area contributed by atoms with Gasteiger partial charge in [0.05, 0.1) is 6.42 Å². The zero-order valence-electron chi connectivity index (χ0n) is 11.5. The van der Waals surface area contributed by atoms with E-state index in [0.717, 1.165) is 11.3 Å². The monoisotopic (exact) mass is 285 g/mol. The molecule has 1 aliphatic rings. The Morgan fingerprint density at radius 3 is 2.67 bits per heavy atom. The quantitative estimate of drug-likeness (QED) is 0.936. The number of carboxylic acid groups (broad SMARTS) is 1. The fourth-order valence-corrected chi connectivity index (χ4v) is 2.95. The first-order valence-electron chi connectivity index (χ1n) is 6.94. The Hall–Kier alpha value is -2.36. The zero-order valence-corrected chi connectivity index (χ0v) is 11.5. The van der Waals surface area contributed by atoms with Crippen molar-refractivity contribution in [2.24, 2.45) is 0 Å². The van der Waals surface area contributed by atoms with Crippen molar-refractivity contribution in [3.63, 3.8) is 0 Å². The Labute approximate surface area is 122 Å². The highest BCUT2D eigenvalue weighted by Gasteiger charge is 2.30.